The van der Waals surface area contributed by atoms with Crippen LogP contribution in [0.15, 0.2) is 0 Å². The highest BCUT2D eigenvalue weighted by Gasteiger charge is 2.55. The number of carboxylic acid groups (broad SMARTS) is 1. The van der Waals surface area contributed by atoms with Gasteiger partial charge in [-0.25, -0.2) is 0 Å². The first-order chi connectivity index (χ1) is 10.6. The molecule has 3 rings (SSSR count). The van der Waals surface area contributed by atoms with Crippen LogP contribution in [-0.2, 0) is 9.59 Å². The van der Waals surface area contributed by atoms with Gasteiger partial charge in [-0.1, -0.05) is 13.3 Å². The number of carbonyl (C=O) groups excluding carboxylic acids is 1. The maximum atomic E-state index is 12.7. The molecule has 1 N–H and O–H groups in total. The molecule has 1 unspecified atom stereocenters. The molecular weight excluding hydrogens is 316 g/mol. The van der Waals surface area contributed by atoms with Crippen LogP contribution in [0.4, 0.5) is 0 Å². The van der Waals surface area contributed by atoms with Crippen LogP contribution >= 0.6 is 12.4 Å². The monoisotopic (exact) mass is 344 g/mol. The summed E-state index contributed by atoms with van der Waals surface area (Å²) in [6.45, 7) is 4.77. The van der Waals surface area contributed by atoms with E-state index in [2.05, 4.69) is 11.8 Å². The van der Waals surface area contributed by atoms with Gasteiger partial charge in [-0.2, -0.15) is 0 Å². The summed E-state index contributed by atoms with van der Waals surface area (Å²) in [5.74, 6) is -0.220. The smallest absolute Gasteiger partial charge is 0.311 e. The SMILES string of the molecule is CCC1CCCCN1C(=O)CN1C[C@@H]2CCC[C@@]2(C(=O)O)C1.Cl. The van der Waals surface area contributed by atoms with Crippen LogP contribution in [0, 0.1) is 11.3 Å². The van der Waals surface area contributed by atoms with Crippen molar-refractivity contribution >= 4 is 24.3 Å². The van der Waals surface area contributed by atoms with Crippen molar-refractivity contribution in [3.8, 4) is 0 Å². The summed E-state index contributed by atoms with van der Waals surface area (Å²) in [5.41, 5.74) is -0.577. The lowest BCUT2D eigenvalue weighted by molar-refractivity contribution is -0.149. The average Bonchev–Trinajstić information content (AvgIpc) is 3.04. The molecule has 3 atom stereocenters. The Morgan fingerprint density at radius 2 is 2.00 bits per heavy atom. The fraction of sp³-hybridized carbons (Fsp3) is 0.882. The first-order valence-electron chi connectivity index (χ1n) is 8.82. The fourth-order valence-electron chi connectivity index (χ4n) is 4.90. The van der Waals surface area contributed by atoms with Crippen molar-refractivity contribution in [1.82, 2.24) is 9.80 Å². The van der Waals surface area contributed by atoms with E-state index in [1.807, 2.05) is 4.90 Å². The molecule has 3 fully saturated rings. The van der Waals surface area contributed by atoms with E-state index in [0.29, 0.717) is 19.1 Å². The lowest BCUT2D eigenvalue weighted by Gasteiger charge is -2.36. The molecule has 1 amide bonds. The van der Waals surface area contributed by atoms with Gasteiger partial charge in [-0.15, -0.1) is 12.4 Å². The molecule has 1 aliphatic carbocycles. The molecule has 0 aromatic carbocycles. The number of hydrogen-bond acceptors (Lipinski definition) is 3. The van der Waals surface area contributed by atoms with E-state index >= 15 is 0 Å². The van der Waals surface area contributed by atoms with E-state index in [1.54, 1.807) is 0 Å². The van der Waals surface area contributed by atoms with Gasteiger partial charge in [0.2, 0.25) is 5.91 Å². The number of likely N-dealkylation sites (tertiary alicyclic amines) is 2. The van der Waals surface area contributed by atoms with Gasteiger partial charge in [0.05, 0.1) is 12.0 Å². The van der Waals surface area contributed by atoms with Crippen LogP contribution in [0.25, 0.3) is 0 Å². The second-order valence-corrected chi connectivity index (χ2v) is 7.37. The number of fused-ring (bicyclic) bond motifs is 1. The number of hydrogen-bond donors (Lipinski definition) is 1. The molecule has 2 heterocycles. The number of nitrogens with zero attached hydrogens (tertiary/aromatic N) is 2. The molecule has 2 saturated heterocycles. The Balaban J connectivity index is 0.00000192. The summed E-state index contributed by atoms with van der Waals surface area (Å²) in [6.07, 6.45) is 7.25. The van der Waals surface area contributed by atoms with E-state index < -0.39 is 11.4 Å². The lowest BCUT2D eigenvalue weighted by Crippen LogP contribution is -2.48. The largest absolute Gasteiger partial charge is 0.481 e. The molecule has 6 heteroatoms. The predicted molar refractivity (Wildman–Crippen MR) is 90.7 cm³/mol. The number of amides is 1. The standard InChI is InChI=1S/C17H28N2O3.ClH/c1-2-14-7-3-4-9-19(14)15(20)11-18-10-13-6-5-8-17(13,12-18)16(21)22;/h13-14H,2-12H2,1H3,(H,21,22);1H/t13-,14?,17+;/m0./s1. The van der Waals surface area contributed by atoms with Crippen LogP contribution in [0.2, 0.25) is 0 Å². The number of carboxylic acids is 1. The summed E-state index contributed by atoms with van der Waals surface area (Å²) in [6, 6.07) is 0.386. The van der Waals surface area contributed by atoms with Crippen LogP contribution in [0.1, 0.15) is 51.9 Å². The zero-order chi connectivity index (χ0) is 15.7. The first kappa shape index (κ1) is 18.5. The van der Waals surface area contributed by atoms with Crippen molar-refractivity contribution < 1.29 is 14.7 Å². The van der Waals surface area contributed by atoms with Crippen molar-refractivity contribution in [2.45, 2.75) is 57.9 Å². The first-order valence-corrected chi connectivity index (χ1v) is 8.82. The fourth-order valence-corrected chi connectivity index (χ4v) is 4.90. The molecule has 132 valence electrons. The number of halogens is 1. The van der Waals surface area contributed by atoms with Gasteiger partial charge in [-0.05, 0) is 44.4 Å². The van der Waals surface area contributed by atoms with E-state index in [1.165, 1.54) is 6.42 Å². The third kappa shape index (κ3) is 3.36. The van der Waals surface area contributed by atoms with Gasteiger partial charge in [0, 0.05) is 25.7 Å². The molecule has 0 aromatic rings. The van der Waals surface area contributed by atoms with Gasteiger partial charge < -0.3 is 10.0 Å². The zero-order valence-electron chi connectivity index (χ0n) is 14.0. The highest BCUT2D eigenvalue weighted by atomic mass is 35.5. The number of piperidine rings is 1. The molecule has 0 spiro atoms. The van der Waals surface area contributed by atoms with Gasteiger partial charge in [-0.3, -0.25) is 14.5 Å². The Hall–Kier alpha value is -0.810. The van der Waals surface area contributed by atoms with Crippen molar-refractivity contribution in [1.29, 1.82) is 0 Å². The molecule has 0 radical (unpaired) electrons. The lowest BCUT2D eigenvalue weighted by atomic mass is 9.81. The third-order valence-electron chi connectivity index (χ3n) is 6.14. The number of carbonyl (C=O) groups is 2. The third-order valence-corrected chi connectivity index (χ3v) is 6.14. The quantitative estimate of drug-likeness (QED) is 0.850. The molecule has 3 aliphatic rings. The second-order valence-electron chi connectivity index (χ2n) is 7.37. The summed E-state index contributed by atoms with van der Waals surface area (Å²) in [4.78, 5) is 28.5. The van der Waals surface area contributed by atoms with Crippen molar-refractivity contribution in [2.24, 2.45) is 11.3 Å². The molecule has 0 aromatic heterocycles. The summed E-state index contributed by atoms with van der Waals surface area (Å²) >= 11 is 0. The summed E-state index contributed by atoms with van der Waals surface area (Å²) in [7, 11) is 0. The Morgan fingerprint density at radius 1 is 1.22 bits per heavy atom. The number of aliphatic carboxylic acids is 1. The Labute approximate surface area is 144 Å². The van der Waals surface area contributed by atoms with Gasteiger partial charge >= 0.3 is 5.97 Å². The normalized spacial score (nSPS) is 34.0. The Kier molecular flexibility index (Phi) is 5.95. The van der Waals surface area contributed by atoms with Crippen LogP contribution < -0.4 is 0 Å². The van der Waals surface area contributed by atoms with Crippen LogP contribution in [-0.4, -0.2) is 59.0 Å². The summed E-state index contributed by atoms with van der Waals surface area (Å²) in [5, 5.41) is 9.63. The molecular formula is C17H29ClN2O3. The maximum Gasteiger partial charge on any atom is 0.311 e. The summed E-state index contributed by atoms with van der Waals surface area (Å²) < 4.78 is 0. The maximum absolute atomic E-state index is 12.7. The molecule has 0 bridgehead atoms. The molecule has 23 heavy (non-hydrogen) atoms. The van der Waals surface area contributed by atoms with E-state index in [9.17, 15) is 14.7 Å². The van der Waals surface area contributed by atoms with Crippen LogP contribution in [0.5, 0.6) is 0 Å². The highest BCUT2D eigenvalue weighted by molar-refractivity contribution is 5.85. The van der Waals surface area contributed by atoms with Gasteiger partial charge in [0.1, 0.15) is 0 Å². The minimum Gasteiger partial charge on any atom is -0.481 e. The van der Waals surface area contributed by atoms with E-state index in [0.717, 1.165) is 51.6 Å². The molecule has 2 aliphatic heterocycles. The Bertz CT molecular complexity index is 459. The van der Waals surface area contributed by atoms with E-state index in [4.69, 9.17) is 0 Å². The minimum absolute atomic E-state index is 0. The van der Waals surface area contributed by atoms with Crippen molar-refractivity contribution in [2.75, 3.05) is 26.2 Å². The van der Waals surface area contributed by atoms with Crippen LogP contribution in [0.3, 0.4) is 0 Å². The van der Waals surface area contributed by atoms with Gasteiger partial charge in [0.25, 0.3) is 0 Å². The second kappa shape index (κ2) is 7.39. The number of rotatable bonds is 4. The van der Waals surface area contributed by atoms with E-state index in [-0.39, 0.29) is 24.2 Å². The predicted octanol–water partition coefficient (Wildman–Crippen LogP) is 2.39. The van der Waals surface area contributed by atoms with Crippen molar-refractivity contribution in [3.63, 3.8) is 0 Å². The topological polar surface area (TPSA) is 60.9 Å². The minimum atomic E-state index is -0.658. The molecule has 5 nitrogen and oxygen atoms in total. The van der Waals surface area contributed by atoms with Crippen molar-refractivity contribution in [3.05, 3.63) is 0 Å². The average molecular weight is 345 g/mol. The zero-order valence-corrected chi connectivity index (χ0v) is 14.8. The Morgan fingerprint density at radius 3 is 2.65 bits per heavy atom. The highest BCUT2D eigenvalue weighted by Crippen LogP contribution is 2.48. The van der Waals surface area contributed by atoms with Gasteiger partial charge in [0.15, 0.2) is 0 Å². The molecule has 1 saturated carbocycles.